The number of nitrogens with zero attached hydrogens (tertiary/aromatic N) is 2. The highest BCUT2D eigenvalue weighted by Crippen LogP contribution is 2.25. The number of likely N-dealkylation sites (tertiary alicyclic amines) is 1. The Morgan fingerprint density at radius 3 is 3.05 bits per heavy atom. The third kappa shape index (κ3) is 3.93. The lowest BCUT2D eigenvalue weighted by Crippen LogP contribution is -2.55. The van der Waals surface area contributed by atoms with Gasteiger partial charge in [0.15, 0.2) is 0 Å². The summed E-state index contributed by atoms with van der Waals surface area (Å²) < 4.78 is 0. The molecule has 2 atom stereocenters. The predicted octanol–water partition coefficient (Wildman–Crippen LogP) is -0.606. The van der Waals surface area contributed by atoms with E-state index < -0.39 is 0 Å². The van der Waals surface area contributed by atoms with E-state index in [1.165, 1.54) is 0 Å². The summed E-state index contributed by atoms with van der Waals surface area (Å²) in [5.41, 5.74) is 5.46. The molecular weight excluding hydrogens is 256 g/mol. The number of hydrogen-bond acceptors (Lipinski definition) is 4. The van der Waals surface area contributed by atoms with E-state index in [-0.39, 0.29) is 11.8 Å². The van der Waals surface area contributed by atoms with Gasteiger partial charge in [-0.2, -0.15) is 0 Å². The largest absolute Gasteiger partial charge is 0.353 e. The fourth-order valence-corrected chi connectivity index (χ4v) is 3.09. The van der Waals surface area contributed by atoms with Crippen LogP contribution in [0.4, 0.5) is 0 Å². The van der Waals surface area contributed by atoms with Crippen LogP contribution >= 0.6 is 0 Å². The highest BCUT2D eigenvalue weighted by atomic mass is 16.2. The zero-order valence-electron chi connectivity index (χ0n) is 12.3. The van der Waals surface area contributed by atoms with Crippen LogP contribution in [-0.2, 0) is 9.59 Å². The molecule has 0 aliphatic carbocycles. The van der Waals surface area contributed by atoms with E-state index in [1.54, 1.807) is 4.90 Å². The van der Waals surface area contributed by atoms with Gasteiger partial charge in [-0.15, -0.1) is 0 Å². The number of carbonyl (C=O) groups is 2. The second-order valence-electron chi connectivity index (χ2n) is 5.95. The van der Waals surface area contributed by atoms with Gasteiger partial charge in [-0.3, -0.25) is 14.5 Å². The van der Waals surface area contributed by atoms with E-state index in [2.05, 4.69) is 10.2 Å². The first-order valence-corrected chi connectivity index (χ1v) is 7.56. The summed E-state index contributed by atoms with van der Waals surface area (Å²) >= 11 is 0. The van der Waals surface area contributed by atoms with Crippen molar-refractivity contribution in [3.8, 4) is 0 Å². The molecular formula is C14H26N4O2. The van der Waals surface area contributed by atoms with Crippen molar-refractivity contribution in [2.45, 2.75) is 31.7 Å². The third-order valence-electron chi connectivity index (χ3n) is 4.39. The highest BCUT2D eigenvalue weighted by molar-refractivity contribution is 5.78. The molecule has 0 bridgehead atoms. The van der Waals surface area contributed by atoms with Gasteiger partial charge in [-0.05, 0) is 31.7 Å². The number of rotatable bonds is 5. The van der Waals surface area contributed by atoms with Crippen LogP contribution in [0.1, 0.15) is 25.7 Å². The maximum atomic E-state index is 12.1. The zero-order valence-corrected chi connectivity index (χ0v) is 12.3. The quantitative estimate of drug-likeness (QED) is 0.705. The van der Waals surface area contributed by atoms with Crippen LogP contribution in [0, 0.1) is 5.92 Å². The van der Waals surface area contributed by atoms with Gasteiger partial charge >= 0.3 is 0 Å². The Kier molecular flexibility index (Phi) is 5.37. The first kappa shape index (κ1) is 15.3. The minimum absolute atomic E-state index is 0.164. The van der Waals surface area contributed by atoms with E-state index in [9.17, 15) is 9.59 Å². The molecule has 0 spiro atoms. The maximum absolute atomic E-state index is 12.1. The van der Waals surface area contributed by atoms with Crippen LogP contribution < -0.4 is 11.1 Å². The van der Waals surface area contributed by atoms with E-state index in [4.69, 9.17) is 5.73 Å². The van der Waals surface area contributed by atoms with E-state index in [0.29, 0.717) is 31.5 Å². The Morgan fingerprint density at radius 1 is 1.50 bits per heavy atom. The van der Waals surface area contributed by atoms with E-state index in [0.717, 1.165) is 38.9 Å². The summed E-state index contributed by atoms with van der Waals surface area (Å²) in [5.74, 6) is 0.845. The summed E-state index contributed by atoms with van der Waals surface area (Å²) in [7, 11) is 1.84. The summed E-state index contributed by atoms with van der Waals surface area (Å²) in [4.78, 5) is 27.5. The van der Waals surface area contributed by atoms with E-state index >= 15 is 0 Å². The van der Waals surface area contributed by atoms with Gasteiger partial charge in [0.2, 0.25) is 11.8 Å². The van der Waals surface area contributed by atoms with Gasteiger partial charge in [0.1, 0.15) is 0 Å². The van der Waals surface area contributed by atoms with Gasteiger partial charge in [0, 0.05) is 39.1 Å². The maximum Gasteiger partial charge on any atom is 0.236 e. The molecule has 114 valence electrons. The van der Waals surface area contributed by atoms with Crippen molar-refractivity contribution in [1.29, 1.82) is 0 Å². The Hall–Kier alpha value is -1.14. The third-order valence-corrected chi connectivity index (χ3v) is 4.39. The zero-order chi connectivity index (χ0) is 14.5. The Balaban J connectivity index is 1.77. The molecule has 0 aromatic carbocycles. The molecule has 6 nitrogen and oxygen atoms in total. The fraction of sp³-hybridized carbons (Fsp3) is 0.857. The highest BCUT2D eigenvalue weighted by Gasteiger charge is 2.34. The number of likely N-dealkylation sites (N-methyl/N-ethyl adjacent to an activating group) is 1. The predicted molar refractivity (Wildman–Crippen MR) is 77.0 cm³/mol. The second-order valence-corrected chi connectivity index (χ2v) is 5.95. The first-order chi connectivity index (χ1) is 9.60. The Bertz CT molecular complexity index is 361. The van der Waals surface area contributed by atoms with Crippen molar-refractivity contribution in [1.82, 2.24) is 15.1 Å². The standard InChI is InChI=1S/C14H26N4O2/c1-17(7-2-6-15)14(20)10-18-8-5-12-11(9-18)3-4-13(19)16-12/h11-12H,2-10,15H2,1H3,(H,16,19). The molecule has 0 aromatic heterocycles. The first-order valence-electron chi connectivity index (χ1n) is 7.56. The topological polar surface area (TPSA) is 78.7 Å². The van der Waals surface area contributed by atoms with Crippen molar-refractivity contribution in [3.05, 3.63) is 0 Å². The lowest BCUT2D eigenvalue weighted by atomic mass is 9.85. The lowest BCUT2D eigenvalue weighted by Gasteiger charge is -2.41. The van der Waals surface area contributed by atoms with Gasteiger partial charge in [0.25, 0.3) is 0 Å². The molecule has 2 rings (SSSR count). The number of piperidine rings is 2. The number of nitrogens with one attached hydrogen (secondary N) is 1. The van der Waals surface area contributed by atoms with Crippen LogP contribution in [0.3, 0.4) is 0 Å². The van der Waals surface area contributed by atoms with Crippen LogP contribution in [0.15, 0.2) is 0 Å². The molecule has 3 N–H and O–H groups in total. The molecule has 2 aliphatic heterocycles. The normalized spacial score (nSPS) is 26.8. The molecule has 2 aliphatic rings. The lowest BCUT2D eigenvalue weighted by molar-refractivity contribution is -0.133. The van der Waals surface area contributed by atoms with Crippen LogP contribution in [0.25, 0.3) is 0 Å². The van der Waals surface area contributed by atoms with Gasteiger partial charge in [-0.25, -0.2) is 0 Å². The minimum Gasteiger partial charge on any atom is -0.353 e. The Labute approximate surface area is 120 Å². The van der Waals surface area contributed by atoms with Crippen LogP contribution in [0.2, 0.25) is 0 Å². The number of amides is 2. The number of carbonyl (C=O) groups excluding carboxylic acids is 2. The van der Waals surface area contributed by atoms with Gasteiger partial charge in [-0.1, -0.05) is 0 Å². The second kappa shape index (κ2) is 7.04. The molecule has 20 heavy (non-hydrogen) atoms. The van der Waals surface area contributed by atoms with Crippen LogP contribution in [-0.4, -0.2) is 67.4 Å². The van der Waals surface area contributed by atoms with Crippen molar-refractivity contribution >= 4 is 11.8 Å². The number of fused-ring (bicyclic) bond motifs is 1. The van der Waals surface area contributed by atoms with Gasteiger partial charge in [0.05, 0.1) is 6.54 Å². The summed E-state index contributed by atoms with van der Waals surface area (Å²) in [6.45, 7) is 3.63. The SMILES string of the molecule is CN(CCCN)C(=O)CN1CCC2NC(=O)CCC2C1. The van der Waals surface area contributed by atoms with Crippen molar-refractivity contribution in [2.24, 2.45) is 11.7 Å². The molecule has 0 aromatic rings. The molecule has 2 unspecified atom stereocenters. The molecule has 2 amide bonds. The fourth-order valence-electron chi connectivity index (χ4n) is 3.09. The molecule has 2 saturated heterocycles. The monoisotopic (exact) mass is 282 g/mol. The van der Waals surface area contributed by atoms with Crippen molar-refractivity contribution in [2.75, 3.05) is 39.8 Å². The van der Waals surface area contributed by atoms with Crippen molar-refractivity contribution in [3.63, 3.8) is 0 Å². The van der Waals surface area contributed by atoms with E-state index in [1.807, 2.05) is 7.05 Å². The number of hydrogen-bond donors (Lipinski definition) is 2. The van der Waals surface area contributed by atoms with Gasteiger partial charge < -0.3 is 16.0 Å². The summed E-state index contributed by atoms with van der Waals surface area (Å²) in [5, 5.41) is 3.07. The number of nitrogens with two attached hydrogens (primary N) is 1. The molecule has 6 heteroatoms. The minimum atomic E-state index is 0.164. The summed E-state index contributed by atoms with van der Waals surface area (Å²) in [6.07, 6.45) is 3.37. The van der Waals surface area contributed by atoms with Crippen molar-refractivity contribution < 1.29 is 9.59 Å². The molecule has 0 radical (unpaired) electrons. The molecule has 2 fully saturated rings. The summed E-state index contributed by atoms with van der Waals surface area (Å²) in [6, 6.07) is 0.317. The van der Waals surface area contributed by atoms with Crippen LogP contribution in [0.5, 0.6) is 0 Å². The molecule has 2 heterocycles. The molecule has 0 saturated carbocycles. The smallest absolute Gasteiger partial charge is 0.236 e. The average molecular weight is 282 g/mol. The Morgan fingerprint density at radius 2 is 2.30 bits per heavy atom. The average Bonchev–Trinajstić information content (AvgIpc) is 2.44.